The van der Waals surface area contributed by atoms with Crippen LogP contribution in [0.15, 0.2) is 0 Å². The van der Waals surface area contributed by atoms with Crippen LogP contribution in [0, 0.1) is 0 Å². The van der Waals surface area contributed by atoms with E-state index in [2.05, 4.69) is 28.9 Å². The van der Waals surface area contributed by atoms with E-state index in [0.717, 1.165) is 31.2 Å². The summed E-state index contributed by atoms with van der Waals surface area (Å²) in [7, 11) is 0. The highest BCUT2D eigenvalue weighted by atomic mass is 32.2. The summed E-state index contributed by atoms with van der Waals surface area (Å²) >= 11 is 2.09. The predicted molar refractivity (Wildman–Crippen MR) is 76.7 cm³/mol. The number of thioether (sulfide) groups is 1. The van der Waals surface area contributed by atoms with Gasteiger partial charge in [-0.3, -0.25) is 9.69 Å². The number of carbonyl (C=O) groups excluding carboxylic acids is 1. The third kappa shape index (κ3) is 4.14. The Morgan fingerprint density at radius 3 is 2.72 bits per heavy atom. The zero-order chi connectivity index (χ0) is 13.0. The minimum Gasteiger partial charge on any atom is -0.369 e. The molecule has 3 N–H and O–H groups in total. The largest absolute Gasteiger partial charge is 0.369 e. The summed E-state index contributed by atoms with van der Waals surface area (Å²) < 4.78 is 0. The van der Waals surface area contributed by atoms with Crippen LogP contribution in [0.4, 0.5) is 0 Å². The van der Waals surface area contributed by atoms with Gasteiger partial charge in [0.2, 0.25) is 5.91 Å². The zero-order valence-electron chi connectivity index (χ0n) is 11.2. The van der Waals surface area contributed by atoms with Crippen LogP contribution in [0.5, 0.6) is 0 Å². The molecule has 2 rings (SSSR count). The van der Waals surface area contributed by atoms with Crippen molar-refractivity contribution in [3.63, 3.8) is 0 Å². The fraction of sp³-hybridized carbons (Fsp3) is 0.923. The van der Waals surface area contributed by atoms with Gasteiger partial charge in [0.15, 0.2) is 0 Å². The van der Waals surface area contributed by atoms with Crippen LogP contribution < -0.4 is 11.1 Å². The van der Waals surface area contributed by atoms with E-state index < -0.39 is 0 Å². The second-order valence-corrected chi connectivity index (χ2v) is 6.99. The monoisotopic (exact) mass is 271 g/mol. The maximum absolute atomic E-state index is 10.9. The van der Waals surface area contributed by atoms with Gasteiger partial charge in [0.05, 0.1) is 6.54 Å². The lowest BCUT2D eigenvalue weighted by molar-refractivity contribution is -0.119. The molecule has 2 unspecified atom stereocenters. The number of piperidine rings is 1. The molecule has 1 amide bonds. The van der Waals surface area contributed by atoms with Crippen molar-refractivity contribution in [2.24, 2.45) is 5.73 Å². The number of rotatable bonds is 4. The number of carbonyl (C=O) groups is 1. The molecule has 0 aliphatic carbocycles. The molecule has 2 aliphatic rings. The Morgan fingerprint density at radius 2 is 2.11 bits per heavy atom. The normalized spacial score (nSPS) is 31.4. The molecule has 18 heavy (non-hydrogen) atoms. The SMILES string of the molecule is CC1SCCCC1NC1CCN(CC(N)=O)CC1. The number of nitrogens with zero attached hydrogens (tertiary/aromatic N) is 1. The summed E-state index contributed by atoms with van der Waals surface area (Å²) in [4.78, 5) is 13.0. The highest BCUT2D eigenvalue weighted by Gasteiger charge is 2.26. The minimum absolute atomic E-state index is 0.210. The van der Waals surface area contributed by atoms with Crippen LogP contribution in [-0.2, 0) is 4.79 Å². The number of nitrogens with two attached hydrogens (primary N) is 1. The molecule has 0 aromatic heterocycles. The summed E-state index contributed by atoms with van der Waals surface area (Å²) in [6.07, 6.45) is 4.94. The molecule has 0 aromatic carbocycles. The van der Waals surface area contributed by atoms with Crippen LogP contribution in [-0.4, -0.2) is 53.5 Å². The predicted octanol–water partition coefficient (Wildman–Crippen LogP) is 0.810. The van der Waals surface area contributed by atoms with Crippen LogP contribution >= 0.6 is 11.8 Å². The highest BCUT2D eigenvalue weighted by Crippen LogP contribution is 2.26. The van der Waals surface area contributed by atoms with E-state index in [9.17, 15) is 4.79 Å². The number of primary amides is 1. The molecule has 2 heterocycles. The van der Waals surface area contributed by atoms with Gasteiger partial charge in [-0.2, -0.15) is 11.8 Å². The molecule has 2 fully saturated rings. The van der Waals surface area contributed by atoms with E-state index in [4.69, 9.17) is 5.73 Å². The van der Waals surface area contributed by atoms with Gasteiger partial charge < -0.3 is 11.1 Å². The van der Waals surface area contributed by atoms with Gasteiger partial charge in [0.25, 0.3) is 0 Å². The molecule has 104 valence electrons. The van der Waals surface area contributed by atoms with E-state index in [1.54, 1.807) is 0 Å². The molecule has 0 bridgehead atoms. The van der Waals surface area contributed by atoms with E-state index in [1.807, 2.05) is 0 Å². The third-order valence-electron chi connectivity index (χ3n) is 4.02. The average molecular weight is 271 g/mol. The summed E-state index contributed by atoms with van der Waals surface area (Å²) in [5, 5.41) is 4.56. The van der Waals surface area contributed by atoms with Gasteiger partial charge in [0.1, 0.15) is 0 Å². The molecule has 2 aliphatic heterocycles. The minimum atomic E-state index is -0.210. The van der Waals surface area contributed by atoms with Crippen LogP contribution in [0.1, 0.15) is 32.6 Å². The first-order chi connectivity index (χ1) is 8.65. The second kappa shape index (κ2) is 6.78. The maximum Gasteiger partial charge on any atom is 0.231 e. The van der Waals surface area contributed by atoms with Gasteiger partial charge in [-0.25, -0.2) is 0 Å². The molecular weight excluding hydrogens is 246 g/mol. The molecule has 0 saturated carbocycles. The van der Waals surface area contributed by atoms with E-state index in [-0.39, 0.29) is 5.91 Å². The molecule has 2 saturated heterocycles. The Kier molecular flexibility index (Phi) is 5.33. The van der Waals surface area contributed by atoms with E-state index in [1.165, 1.54) is 18.6 Å². The summed E-state index contributed by atoms with van der Waals surface area (Å²) in [6, 6.07) is 1.30. The first kappa shape index (κ1) is 14.2. The summed E-state index contributed by atoms with van der Waals surface area (Å²) in [5.41, 5.74) is 5.23. The van der Waals surface area contributed by atoms with Gasteiger partial charge >= 0.3 is 0 Å². The highest BCUT2D eigenvalue weighted by molar-refractivity contribution is 7.99. The van der Waals surface area contributed by atoms with Crippen molar-refractivity contribution < 1.29 is 4.79 Å². The fourth-order valence-electron chi connectivity index (χ4n) is 2.92. The lowest BCUT2D eigenvalue weighted by Crippen LogP contribution is -2.50. The Balaban J connectivity index is 1.71. The van der Waals surface area contributed by atoms with Crippen molar-refractivity contribution in [1.82, 2.24) is 10.2 Å². The summed E-state index contributed by atoms with van der Waals surface area (Å²) in [5.74, 6) is 1.11. The van der Waals surface area contributed by atoms with Gasteiger partial charge in [-0.1, -0.05) is 6.92 Å². The topological polar surface area (TPSA) is 58.4 Å². The van der Waals surface area contributed by atoms with Crippen molar-refractivity contribution in [2.75, 3.05) is 25.4 Å². The number of amides is 1. The van der Waals surface area contributed by atoms with E-state index >= 15 is 0 Å². The Hall–Kier alpha value is -0.260. The zero-order valence-corrected chi connectivity index (χ0v) is 12.0. The first-order valence-electron chi connectivity index (χ1n) is 7.03. The second-order valence-electron chi connectivity index (χ2n) is 5.51. The molecule has 2 atom stereocenters. The quantitative estimate of drug-likeness (QED) is 0.794. The third-order valence-corrected chi connectivity index (χ3v) is 5.40. The van der Waals surface area contributed by atoms with Crippen LogP contribution in [0.2, 0.25) is 0 Å². The molecule has 0 spiro atoms. The standard InChI is InChI=1S/C13H25N3OS/c1-10-12(3-2-8-18-10)15-11-4-6-16(7-5-11)9-13(14)17/h10-12,15H,2-9H2,1H3,(H2,14,17). The van der Waals surface area contributed by atoms with E-state index in [0.29, 0.717) is 18.6 Å². The number of hydrogen-bond donors (Lipinski definition) is 2. The molecule has 0 aromatic rings. The number of likely N-dealkylation sites (tertiary alicyclic amines) is 1. The Morgan fingerprint density at radius 1 is 1.39 bits per heavy atom. The van der Waals surface area contributed by atoms with Crippen molar-refractivity contribution in [2.45, 2.75) is 49.9 Å². The Bertz CT molecular complexity index is 279. The fourth-order valence-corrected chi connectivity index (χ4v) is 4.08. The van der Waals surface area contributed by atoms with Crippen LogP contribution in [0.3, 0.4) is 0 Å². The van der Waals surface area contributed by atoms with Crippen LogP contribution in [0.25, 0.3) is 0 Å². The smallest absolute Gasteiger partial charge is 0.231 e. The first-order valence-corrected chi connectivity index (χ1v) is 8.08. The summed E-state index contributed by atoms with van der Waals surface area (Å²) in [6.45, 7) is 4.75. The maximum atomic E-state index is 10.9. The lowest BCUT2D eigenvalue weighted by Gasteiger charge is -2.37. The average Bonchev–Trinajstić information content (AvgIpc) is 2.34. The number of nitrogens with one attached hydrogen (secondary N) is 1. The van der Waals surface area contributed by atoms with Gasteiger partial charge in [0, 0.05) is 30.4 Å². The Labute approximate surface area is 114 Å². The van der Waals surface area contributed by atoms with Gasteiger partial charge in [-0.15, -0.1) is 0 Å². The van der Waals surface area contributed by atoms with Crippen molar-refractivity contribution >= 4 is 17.7 Å². The molecule has 5 heteroatoms. The van der Waals surface area contributed by atoms with Crippen molar-refractivity contribution in [3.05, 3.63) is 0 Å². The van der Waals surface area contributed by atoms with Crippen molar-refractivity contribution in [3.8, 4) is 0 Å². The molecular formula is C13H25N3OS. The molecule has 0 radical (unpaired) electrons. The van der Waals surface area contributed by atoms with Crippen molar-refractivity contribution in [1.29, 1.82) is 0 Å². The molecule has 4 nitrogen and oxygen atoms in total. The van der Waals surface area contributed by atoms with Gasteiger partial charge in [-0.05, 0) is 31.4 Å². The number of hydrogen-bond acceptors (Lipinski definition) is 4. The lowest BCUT2D eigenvalue weighted by atomic mass is 10.0.